The fourth-order valence-corrected chi connectivity index (χ4v) is 7.23. The Morgan fingerprint density at radius 3 is 2.38 bits per heavy atom. The zero-order chi connectivity index (χ0) is 26.5. The van der Waals surface area contributed by atoms with Crippen molar-refractivity contribution in [2.24, 2.45) is 11.4 Å². The first kappa shape index (κ1) is 25.8. The lowest BCUT2D eigenvalue weighted by Gasteiger charge is -2.41. The van der Waals surface area contributed by atoms with Gasteiger partial charge in [0.2, 0.25) is 0 Å². The summed E-state index contributed by atoms with van der Waals surface area (Å²) in [6.07, 6.45) is 3.11. The van der Waals surface area contributed by atoms with Crippen LogP contribution < -0.4 is 14.7 Å². The monoisotopic (exact) mass is 539 g/mol. The van der Waals surface area contributed by atoms with Crippen molar-refractivity contribution in [3.63, 3.8) is 0 Å². The Labute approximate surface area is 214 Å². The molecule has 0 radical (unpaired) electrons. The van der Waals surface area contributed by atoms with Crippen molar-refractivity contribution in [1.82, 2.24) is 14.7 Å². The van der Waals surface area contributed by atoms with Gasteiger partial charge in [-0.25, -0.2) is 4.31 Å². The number of hydrogen-bond donors (Lipinski definition) is 1. The number of piperidine rings is 1. The Morgan fingerprint density at radius 2 is 1.81 bits per heavy atom. The van der Waals surface area contributed by atoms with E-state index in [0.717, 1.165) is 54.0 Å². The van der Waals surface area contributed by atoms with E-state index in [9.17, 15) is 26.7 Å². The highest BCUT2D eigenvalue weighted by molar-refractivity contribution is 7.91. The molecule has 2 atom stereocenters. The molecule has 0 spiro atoms. The molecule has 13 heteroatoms. The molecule has 1 saturated heterocycles. The van der Waals surface area contributed by atoms with Crippen LogP contribution in [-0.2, 0) is 42.9 Å². The lowest BCUT2D eigenvalue weighted by Crippen LogP contribution is -2.55. The number of alkyl halides is 3. The zero-order valence-corrected chi connectivity index (χ0v) is 21.6. The minimum absolute atomic E-state index is 0.0373. The molecule has 0 saturated carbocycles. The van der Waals surface area contributed by atoms with Crippen molar-refractivity contribution < 1.29 is 26.7 Å². The highest BCUT2D eigenvalue weighted by Crippen LogP contribution is 2.39. The fourth-order valence-electron chi connectivity index (χ4n) is 5.96. The van der Waals surface area contributed by atoms with E-state index in [-0.39, 0.29) is 18.7 Å². The number of nitrogens with zero attached hydrogens (tertiary/aromatic N) is 5. The molecule has 2 aromatic rings. The predicted molar refractivity (Wildman–Crippen MR) is 132 cm³/mol. The molecule has 37 heavy (non-hydrogen) atoms. The Kier molecular flexibility index (Phi) is 6.63. The topological polar surface area (TPSA) is 106 Å². The predicted octanol–water partition coefficient (Wildman–Crippen LogP) is 2.30. The second-order valence-electron chi connectivity index (χ2n) is 10.1. The largest absolute Gasteiger partial charge is 0.845 e. The van der Waals surface area contributed by atoms with Crippen LogP contribution in [0.4, 0.5) is 24.5 Å². The number of benzene rings is 1. The number of aryl methyl sites for hydroxylation is 3. The average Bonchev–Trinajstić information content (AvgIpc) is 3.54. The number of aromatic nitrogens is 2. The van der Waals surface area contributed by atoms with Gasteiger partial charge in [-0.05, 0) is 80.7 Å². The van der Waals surface area contributed by atoms with Crippen LogP contribution in [0, 0.1) is 0 Å². The molecule has 1 aromatic heterocycles. The summed E-state index contributed by atoms with van der Waals surface area (Å²) < 4.78 is 73.8. The van der Waals surface area contributed by atoms with Crippen LogP contribution in [0.25, 0.3) is 0 Å². The first-order chi connectivity index (χ1) is 17.4. The molecule has 1 aliphatic heterocycles. The van der Waals surface area contributed by atoms with E-state index in [1.54, 1.807) is 7.05 Å². The smallest absolute Gasteiger partial charge is 0.404 e. The third kappa shape index (κ3) is 5.02. The standard InChI is InChI=1S/C24H31F3N6O3S/c1-31-10-9-17(12-21(31)24(25,26)27)33(18-13-28-32(2)14-18)37(35,36)30-23(34)29-22-19-7-3-5-15(19)11-16-6-4-8-20(16)22/h11,13-14,17,21H,3-10,12H2,1-2H3,(H2,29,30,34)/p-1. The third-order valence-electron chi connectivity index (χ3n) is 7.65. The van der Waals surface area contributed by atoms with Crippen molar-refractivity contribution in [2.45, 2.75) is 69.6 Å². The van der Waals surface area contributed by atoms with E-state index >= 15 is 0 Å². The van der Waals surface area contributed by atoms with Gasteiger partial charge in [0.1, 0.15) is 6.04 Å². The minimum Gasteiger partial charge on any atom is -0.845 e. The summed E-state index contributed by atoms with van der Waals surface area (Å²) >= 11 is 0. The van der Waals surface area contributed by atoms with Crippen molar-refractivity contribution >= 4 is 27.6 Å². The SMILES string of the molecule is CN1CCC(N(c2cnn(C)c2)S(=O)(=O)/N=C(\[O-])Nc2c3c(cc4c2CCC4)CCC3)CC1C(F)(F)F. The van der Waals surface area contributed by atoms with Crippen molar-refractivity contribution in [3.05, 3.63) is 40.7 Å². The molecular formula is C24H30F3N6O3S-. The second-order valence-corrected chi connectivity index (χ2v) is 11.6. The summed E-state index contributed by atoms with van der Waals surface area (Å²) in [6, 6.07) is -1.72. The van der Waals surface area contributed by atoms with E-state index in [2.05, 4.69) is 20.9 Å². The van der Waals surface area contributed by atoms with Crippen LogP contribution in [-0.4, -0.2) is 61.0 Å². The number of amidine groups is 1. The van der Waals surface area contributed by atoms with Crippen molar-refractivity contribution in [2.75, 3.05) is 23.2 Å². The first-order valence-corrected chi connectivity index (χ1v) is 13.8. The Morgan fingerprint density at radius 1 is 1.16 bits per heavy atom. The molecule has 1 fully saturated rings. The molecule has 0 amide bonds. The van der Waals surface area contributed by atoms with Crippen molar-refractivity contribution in [1.29, 1.82) is 0 Å². The summed E-state index contributed by atoms with van der Waals surface area (Å²) in [5, 5.41) is 19.8. The van der Waals surface area contributed by atoms with Gasteiger partial charge in [-0.15, -0.1) is 4.40 Å². The highest BCUT2D eigenvalue weighted by Gasteiger charge is 2.48. The Bertz CT molecular complexity index is 1290. The molecule has 1 N–H and O–H groups in total. The maximum atomic E-state index is 13.7. The minimum atomic E-state index is -4.69. The van der Waals surface area contributed by atoms with Gasteiger partial charge >= 0.3 is 16.4 Å². The summed E-state index contributed by atoms with van der Waals surface area (Å²) in [4.78, 5) is 1.17. The van der Waals surface area contributed by atoms with Gasteiger partial charge in [-0.2, -0.15) is 26.7 Å². The van der Waals surface area contributed by atoms with E-state index in [4.69, 9.17) is 0 Å². The van der Waals surface area contributed by atoms with Crippen LogP contribution in [0.15, 0.2) is 22.9 Å². The summed E-state index contributed by atoms with van der Waals surface area (Å²) in [5.41, 5.74) is 5.09. The molecule has 3 aliphatic rings. The molecule has 0 bridgehead atoms. The van der Waals surface area contributed by atoms with Gasteiger partial charge in [-0.3, -0.25) is 9.58 Å². The molecule has 1 aromatic carbocycles. The third-order valence-corrected chi connectivity index (χ3v) is 9.05. The molecule has 9 nitrogen and oxygen atoms in total. The Balaban J connectivity index is 1.48. The molecule has 5 rings (SSSR count). The van der Waals surface area contributed by atoms with Gasteiger partial charge in [0.05, 0.1) is 23.9 Å². The molecular weight excluding hydrogens is 509 g/mol. The molecule has 2 unspecified atom stereocenters. The van der Waals surface area contributed by atoms with Crippen LogP contribution in [0.5, 0.6) is 0 Å². The number of fused-ring (bicyclic) bond motifs is 2. The fraction of sp³-hybridized carbons (Fsp3) is 0.583. The van der Waals surface area contributed by atoms with Crippen LogP contribution in [0.2, 0.25) is 0 Å². The van der Waals surface area contributed by atoms with E-state index in [0.29, 0.717) is 5.69 Å². The van der Waals surface area contributed by atoms with E-state index < -0.39 is 40.9 Å². The van der Waals surface area contributed by atoms with Crippen LogP contribution in [0.3, 0.4) is 0 Å². The molecule has 2 aliphatic carbocycles. The number of anilines is 2. The van der Waals surface area contributed by atoms with Crippen LogP contribution >= 0.6 is 0 Å². The average molecular weight is 540 g/mol. The summed E-state index contributed by atoms with van der Waals surface area (Å²) in [6.45, 7) is 0.0373. The maximum Gasteiger partial charge on any atom is 0.404 e. The van der Waals surface area contributed by atoms with Gasteiger partial charge < -0.3 is 10.4 Å². The van der Waals surface area contributed by atoms with Crippen LogP contribution in [0.1, 0.15) is 47.9 Å². The normalized spacial score (nSPS) is 22.7. The summed E-state index contributed by atoms with van der Waals surface area (Å²) in [5.74, 6) is 0. The van der Waals surface area contributed by atoms with Gasteiger partial charge in [0.25, 0.3) is 0 Å². The van der Waals surface area contributed by atoms with Crippen molar-refractivity contribution in [3.8, 4) is 0 Å². The zero-order valence-electron chi connectivity index (χ0n) is 20.8. The second kappa shape index (κ2) is 9.50. The highest BCUT2D eigenvalue weighted by atomic mass is 32.2. The number of nitrogens with one attached hydrogen (secondary N) is 1. The van der Waals surface area contributed by atoms with E-state index in [1.165, 1.54) is 40.1 Å². The lowest BCUT2D eigenvalue weighted by molar-refractivity contribution is -0.213. The number of rotatable bonds is 5. The summed E-state index contributed by atoms with van der Waals surface area (Å²) in [7, 11) is -1.75. The molecule has 202 valence electrons. The first-order valence-electron chi connectivity index (χ1n) is 12.4. The number of hydrogen-bond acceptors (Lipinski definition) is 5. The number of likely N-dealkylation sites (tertiary alicyclic amines) is 1. The lowest BCUT2D eigenvalue weighted by atomic mass is 9.97. The van der Waals surface area contributed by atoms with E-state index in [1.807, 2.05) is 0 Å². The van der Waals surface area contributed by atoms with Gasteiger partial charge in [0, 0.05) is 25.5 Å². The Hall–Kier alpha value is -2.80. The number of halogens is 3. The molecule has 2 heterocycles. The quantitative estimate of drug-likeness (QED) is 0.462. The maximum absolute atomic E-state index is 13.7. The van der Waals surface area contributed by atoms with Gasteiger partial charge in [0.15, 0.2) is 0 Å². The van der Waals surface area contributed by atoms with Gasteiger partial charge in [-0.1, -0.05) is 6.07 Å².